The van der Waals surface area contributed by atoms with E-state index in [1.165, 1.54) is 18.2 Å². The lowest BCUT2D eigenvalue weighted by atomic mass is 9.97. The molecule has 0 saturated heterocycles. The Morgan fingerprint density at radius 1 is 0.944 bits per heavy atom. The van der Waals surface area contributed by atoms with Crippen LogP contribution >= 0.6 is 0 Å². The summed E-state index contributed by atoms with van der Waals surface area (Å²) in [6.07, 6.45) is -10.8. The molecule has 0 fully saturated rings. The lowest BCUT2D eigenvalue weighted by Crippen LogP contribution is -2.30. The summed E-state index contributed by atoms with van der Waals surface area (Å²) in [5, 5.41) is 7.96. The topological polar surface area (TPSA) is 91.2 Å². The summed E-state index contributed by atoms with van der Waals surface area (Å²) in [4.78, 5) is 1.07. The molecule has 0 spiro atoms. The van der Waals surface area contributed by atoms with Crippen molar-refractivity contribution >= 4 is 17.2 Å². The van der Waals surface area contributed by atoms with Crippen LogP contribution in [-0.4, -0.2) is 18.6 Å². The third-order valence-electron chi connectivity index (χ3n) is 5.42. The number of halogens is 7. The molecule has 0 aliphatic rings. The fraction of sp³-hybridized carbons (Fsp3) is 0.208. The van der Waals surface area contributed by atoms with Crippen molar-refractivity contribution in [1.29, 1.82) is 5.41 Å². The largest absolute Gasteiger partial charge is 0.416 e. The molecule has 0 radical (unpaired) electrons. The average Bonchev–Trinajstić information content (AvgIpc) is 2.81. The third-order valence-corrected chi connectivity index (χ3v) is 5.42. The summed E-state index contributed by atoms with van der Waals surface area (Å²) in [7, 11) is 0. The van der Waals surface area contributed by atoms with Crippen LogP contribution in [0.15, 0.2) is 60.7 Å². The number of benzene rings is 3. The molecule has 0 bridgehead atoms. The maximum atomic E-state index is 13.5. The minimum Gasteiger partial charge on any atom is -0.397 e. The molecule has 0 saturated carbocycles. The molecule has 192 valence electrons. The second-order valence-electron chi connectivity index (χ2n) is 7.92. The van der Waals surface area contributed by atoms with E-state index in [1.807, 2.05) is 0 Å². The molecule has 0 heterocycles. The molecule has 0 aliphatic carbocycles. The van der Waals surface area contributed by atoms with E-state index in [0.717, 1.165) is 17.0 Å². The predicted octanol–water partition coefficient (Wildman–Crippen LogP) is 5.84. The molecule has 12 heteroatoms. The zero-order chi connectivity index (χ0) is 26.7. The van der Waals surface area contributed by atoms with Crippen molar-refractivity contribution in [3.8, 4) is 11.1 Å². The van der Waals surface area contributed by atoms with E-state index in [9.17, 15) is 30.7 Å². The van der Waals surface area contributed by atoms with Crippen LogP contribution in [0, 0.1) is 11.2 Å². The Labute approximate surface area is 202 Å². The zero-order valence-electron chi connectivity index (χ0n) is 18.6. The van der Waals surface area contributed by atoms with Gasteiger partial charge in [-0.3, -0.25) is 5.41 Å². The number of nitrogen functional groups attached to an aromatic ring is 1. The van der Waals surface area contributed by atoms with E-state index >= 15 is 0 Å². The van der Waals surface area contributed by atoms with Crippen molar-refractivity contribution < 1.29 is 30.7 Å². The van der Waals surface area contributed by atoms with Crippen LogP contribution in [0.3, 0.4) is 0 Å². The minimum absolute atomic E-state index is 0.00684. The Bertz CT molecular complexity index is 1240. The molecule has 0 atom stereocenters. The monoisotopic (exact) mass is 513 g/mol. The van der Waals surface area contributed by atoms with Gasteiger partial charge in [-0.2, -0.15) is 26.3 Å². The van der Waals surface area contributed by atoms with Gasteiger partial charge in [0.1, 0.15) is 11.7 Å². The first-order valence-corrected chi connectivity index (χ1v) is 10.5. The molecule has 5 nitrogen and oxygen atoms in total. The van der Waals surface area contributed by atoms with E-state index in [0.29, 0.717) is 22.8 Å². The number of anilines is 2. The Morgan fingerprint density at radius 3 is 2.25 bits per heavy atom. The maximum absolute atomic E-state index is 13.5. The van der Waals surface area contributed by atoms with E-state index in [2.05, 4.69) is 5.43 Å². The van der Waals surface area contributed by atoms with Gasteiger partial charge in [0, 0.05) is 18.7 Å². The van der Waals surface area contributed by atoms with E-state index in [4.69, 9.17) is 17.0 Å². The highest BCUT2D eigenvalue weighted by atomic mass is 19.4. The normalized spacial score (nSPS) is 11.9. The van der Waals surface area contributed by atoms with Crippen LogP contribution in [0.25, 0.3) is 11.1 Å². The SMILES string of the molecule is N=C(NN)c1ccccc1-c1ccc(N(CCC(F)(F)F)Cc2ccc(F)cc2C(F)(F)F)c(N)c1. The number of hydrogen-bond acceptors (Lipinski definition) is 4. The average molecular weight is 513 g/mol. The van der Waals surface area contributed by atoms with Crippen molar-refractivity contribution in [2.24, 2.45) is 5.84 Å². The van der Waals surface area contributed by atoms with Gasteiger partial charge in [0.15, 0.2) is 0 Å². The van der Waals surface area contributed by atoms with Crippen LogP contribution in [0.2, 0.25) is 0 Å². The van der Waals surface area contributed by atoms with Crippen LogP contribution in [-0.2, 0) is 12.7 Å². The first-order chi connectivity index (χ1) is 16.8. The highest BCUT2D eigenvalue weighted by Crippen LogP contribution is 2.36. The summed E-state index contributed by atoms with van der Waals surface area (Å²) in [6.45, 7) is -1.27. The summed E-state index contributed by atoms with van der Waals surface area (Å²) >= 11 is 0. The highest BCUT2D eigenvalue weighted by Gasteiger charge is 2.35. The molecular weight excluding hydrogens is 491 g/mol. The quantitative estimate of drug-likeness (QED) is 0.0798. The molecule has 0 amide bonds. The molecule has 3 rings (SSSR count). The molecule has 0 aromatic heterocycles. The van der Waals surface area contributed by atoms with Crippen molar-refractivity contribution in [3.63, 3.8) is 0 Å². The smallest absolute Gasteiger partial charge is 0.397 e. The number of nitrogens with zero attached hydrogens (tertiary/aromatic N) is 1. The molecule has 6 N–H and O–H groups in total. The lowest BCUT2D eigenvalue weighted by molar-refractivity contribution is -0.138. The summed E-state index contributed by atoms with van der Waals surface area (Å²) in [5.74, 6) is 4.13. The Hall–Kier alpha value is -3.80. The van der Waals surface area contributed by atoms with Crippen LogP contribution in [0.5, 0.6) is 0 Å². The van der Waals surface area contributed by atoms with E-state index in [1.54, 1.807) is 24.3 Å². The molecule has 36 heavy (non-hydrogen) atoms. The van der Waals surface area contributed by atoms with Crippen molar-refractivity contribution in [1.82, 2.24) is 5.43 Å². The van der Waals surface area contributed by atoms with Gasteiger partial charge in [-0.1, -0.05) is 36.4 Å². The number of rotatable bonds is 7. The number of nitrogens with two attached hydrogens (primary N) is 2. The molecule has 3 aromatic carbocycles. The van der Waals surface area contributed by atoms with Gasteiger partial charge < -0.3 is 16.1 Å². The Kier molecular flexibility index (Phi) is 7.77. The van der Waals surface area contributed by atoms with Crippen LogP contribution < -0.4 is 21.9 Å². The van der Waals surface area contributed by atoms with Gasteiger partial charge in [0.2, 0.25) is 0 Å². The van der Waals surface area contributed by atoms with Crippen molar-refractivity contribution in [2.45, 2.75) is 25.3 Å². The van der Waals surface area contributed by atoms with Crippen LogP contribution in [0.1, 0.15) is 23.1 Å². The lowest BCUT2D eigenvalue weighted by Gasteiger charge is -2.28. The molecular formula is C24H22F7N5. The van der Waals surface area contributed by atoms with Gasteiger partial charge in [-0.05, 0) is 41.0 Å². The van der Waals surface area contributed by atoms with E-state index in [-0.39, 0.29) is 17.2 Å². The molecule has 3 aromatic rings. The van der Waals surface area contributed by atoms with Gasteiger partial charge in [0.05, 0.1) is 23.4 Å². The fourth-order valence-corrected chi connectivity index (χ4v) is 3.74. The highest BCUT2D eigenvalue weighted by molar-refractivity contribution is 6.02. The molecule has 0 aliphatic heterocycles. The van der Waals surface area contributed by atoms with E-state index < -0.39 is 48.8 Å². The number of hydrogen-bond donors (Lipinski definition) is 4. The number of alkyl halides is 6. The first kappa shape index (κ1) is 26.8. The van der Waals surface area contributed by atoms with Crippen molar-refractivity contribution in [3.05, 3.63) is 83.2 Å². The fourth-order valence-electron chi connectivity index (χ4n) is 3.74. The van der Waals surface area contributed by atoms with Crippen LogP contribution in [0.4, 0.5) is 42.1 Å². The summed E-state index contributed by atoms with van der Waals surface area (Å²) < 4.78 is 93.0. The second kappa shape index (κ2) is 10.4. The molecule has 0 unspecified atom stereocenters. The Morgan fingerprint density at radius 2 is 1.64 bits per heavy atom. The van der Waals surface area contributed by atoms with Gasteiger partial charge >= 0.3 is 12.4 Å². The minimum atomic E-state index is -4.91. The number of hydrazine groups is 1. The summed E-state index contributed by atoms with van der Waals surface area (Å²) in [5.41, 5.74) is 8.29. The summed E-state index contributed by atoms with van der Waals surface area (Å²) in [6, 6.07) is 13.1. The Balaban J connectivity index is 2.04. The predicted molar refractivity (Wildman–Crippen MR) is 124 cm³/mol. The second-order valence-corrected chi connectivity index (χ2v) is 7.92. The maximum Gasteiger partial charge on any atom is 0.416 e. The number of nitrogens with one attached hydrogen (secondary N) is 2. The standard InChI is InChI=1S/C24H22F7N5/c25-16-7-5-15(19(12-16)24(29,30)31)13-36(10-9-23(26,27)28)21-8-6-14(11-20(21)32)17-3-1-2-4-18(17)22(33)35-34/h1-8,11-12H,9-10,13,32,34H2,(H2,33,35). The van der Waals surface area contributed by atoms with Gasteiger partial charge in [-0.15, -0.1) is 0 Å². The van der Waals surface area contributed by atoms with Gasteiger partial charge in [-0.25, -0.2) is 10.2 Å². The third kappa shape index (κ3) is 6.45. The number of amidine groups is 1. The first-order valence-electron chi connectivity index (χ1n) is 10.5. The van der Waals surface area contributed by atoms with Gasteiger partial charge in [0.25, 0.3) is 0 Å². The zero-order valence-corrected chi connectivity index (χ0v) is 18.6. The van der Waals surface area contributed by atoms with Crippen molar-refractivity contribution in [2.75, 3.05) is 17.2 Å².